The maximum atomic E-state index is 13.2. The number of nitrogens with zero attached hydrogens (tertiary/aromatic N) is 5. The summed E-state index contributed by atoms with van der Waals surface area (Å²) in [4.78, 5) is 19.3. The predicted octanol–water partition coefficient (Wildman–Crippen LogP) is 4.56. The zero-order valence-corrected chi connectivity index (χ0v) is 16.9. The van der Waals surface area contributed by atoms with Gasteiger partial charge in [-0.15, -0.1) is 21.5 Å². The number of rotatable bonds is 2. The molecule has 1 aliphatic heterocycles. The Hall–Kier alpha value is -2.84. The van der Waals surface area contributed by atoms with Gasteiger partial charge in [-0.25, -0.2) is 9.37 Å². The third kappa shape index (κ3) is 3.08. The second-order valence-electron chi connectivity index (χ2n) is 6.85. The van der Waals surface area contributed by atoms with Crippen LogP contribution in [-0.4, -0.2) is 37.1 Å². The number of carbonyl (C=O) groups excluding carboxylic acids is 1. The van der Waals surface area contributed by atoms with Crippen molar-refractivity contribution in [2.45, 2.75) is 19.5 Å². The molecule has 5 rings (SSSR count). The van der Waals surface area contributed by atoms with Crippen molar-refractivity contribution in [3.05, 3.63) is 64.7 Å². The van der Waals surface area contributed by atoms with E-state index in [1.54, 1.807) is 4.90 Å². The number of benzene rings is 2. The van der Waals surface area contributed by atoms with E-state index in [9.17, 15) is 9.18 Å². The molecule has 0 fully saturated rings. The Morgan fingerprint density at radius 3 is 2.76 bits per heavy atom. The van der Waals surface area contributed by atoms with E-state index < -0.39 is 0 Å². The van der Waals surface area contributed by atoms with Crippen molar-refractivity contribution in [2.75, 3.05) is 6.54 Å². The van der Waals surface area contributed by atoms with Crippen molar-refractivity contribution in [2.24, 2.45) is 0 Å². The van der Waals surface area contributed by atoms with Gasteiger partial charge in [0, 0.05) is 23.7 Å². The van der Waals surface area contributed by atoms with Gasteiger partial charge in [0.05, 0.1) is 16.3 Å². The Labute approximate surface area is 174 Å². The highest BCUT2D eigenvalue weighted by Crippen LogP contribution is 2.34. The summed E-state index contributed by atoms with van der Waals surface area (Å²) in [6.07, 6.45) is 0. The average molecular weight is 428 g/mol. The molecule has 2 aromatic carbocycles. The molecule has 2 aromatic heterocycles. The maximum absolute atomic E-state index is 13.2. The molecule has 0 saturated heterocycles. The molecular weight excluding hydrogens is 413 g/mol. The molecule has 6 nitrogen and oxygen atoms in total. The van der Waals surface area contributed by atoms with Crippen LogP contribution in [0.4, 0.5) is 4.39 Å². The van der Waals surface area contributed by atoms with Gasteiger partial charge in [-0.05, 0) is 49.4 Å². The summed E-state index contributed by atoms with van der Waals surface area (Å²) in [6, 6.07) is 10.9. The molecular formula is C20H15ClFN5OS. The number of halogens is 2. The maximum Gasteiger partial charge on any atom is 0.254 e. The summed E-state index contributed by atoms with van der Waals surface area (Å²) < 4.78 is 16.2. The lowest BCUT2D eigenvalue weighted by Gasteiger charge is -2.33. The van der Waals surface area contributed by atoms with E-state index in [1.807, 2.05) is 29.7 Å². The van der Waals surface area contributed by atoms with Crippen LogP contribution in [0.5, 0.6) is 0 Å². The average Bonchev–Trinajstić information content (AvgIpc) is 3.32. The molecule has 0 radical (unpaired) electrons. The summed E-state index contributed by atoms with van der Waals surface area (Å²) in [5, 5.41) is 10.1. The fourth-order valence-electron chi connectivity index (χ4n) is 3.57. The number of fused-ring (bicyclic) bond motifs is 2. The first-order valence-electron chi connectivity index (χ1n) is 9.07. The minimum atomic E-state index is -0.366. The molecule has 1 atom stereocenters. The Balaban J connectivity index is 1.47. The van der Waals surface area contributed by atoms with Gasteiger partial charge >= 0.3 is 0 Å². The van der Waals surface area contributed by atoms with Crippen molar-refractivity contribution < 1.29 is 9.18 Å². The molecule has 146 valence electrons. The van der Waals surface area contributed by atoms with Crippen LogP contribution in [0.15, 0.2) is 42.5 Å². The minimum absolute atomic E-state index is 0.150. The molecule has 9 heteroatoms. The van der Waals surface area contributed by atoms with Crippen molar-refractivity contribution in [3.8, 4) is 10.8 Å². The number of aromatic nitrogens is 4. The monoisotopic (exact) mass is 427 g/mol. The molecule has 0 spiro atoms. The molecule has 29 heavy (non-hydrogen) atoms. The second kappa shape index (κ2) is 6.89. The Morgan fingerprint density at radius 1 is 1.17 bits per heavy atom. The zero-order chi connectivity index (χ0) is 20.1. The first kappa shape index (κ1) is 18.2. The van der Waals surface area contributed by atoms with E-state index in [2.05, 4.69) is 15.2 Å². The van der Waals surface area contributed by atoms with Gasteiger partial charge in [0.15, 0.2) is 16.7 Å². The lowest BCUT2D eigenvalue weighted by molar-refractivity contribution is 0.0638. The van der Waals surface area contributed by atoms with E-state index in [0.717, 1.165) is 15.2 Å². The number of hydrogen-bond donors (Lipinski definition) is 0. The first-order valence-corrected chi connectivity index (χ1v) is 10.3. The SMILES string of the molecule is C[C@@H]1c2nnc(-c3nc4ccc(Cl)cc4s3)n2CCN1C(=O)c1ccc(F)cc1. The van der Waals surface area contributed by atoms with Gasteiger partial charge in [-0.2, -0.15) is 0 Å². The molecule has 0 saturated carbocycles. The van der Waals surface area contributed by atoms with E-state index in [4.69, 9.17) is 11.6 Å². The van der Waals surface area contributed by atoms with Crippen LogP contribution in [0.25, 0.3) is 21.0 Å². The number of hydrogen-bond acceptors (Lipinski definition) is 5. The highest BCUT2D eigenvalue weighted by molar-refractivity contribution is 7.21. The minimum Gasteiger partial charge on any atom is -0.327 e. The lowest BCUT2D eigenvalue weighted by atomic mass is 10.1. The number of carbonyl (C=O) groups is 1. The first-order chi connectivity index (χ1) is 14.0. The molecule has 1 aliphatic rings. The van der Waals surface area contributed by atoms with E-state index >= 15 is 0 Å². The fraction of sp³-hybridized carbons (Fsp3) is 0.200. The number of amides is 1. The predicted molar refractivity (Wildman–Crippen MR) is 109 cm³/mol. The highest BCUT2D eigenvalue weighted by atomic mass is 35.5. The summed E-state index contributed by atoms with van der Waals surface area (Å²) in [5.41, 5.74) is 1.32. The molecule has 1 amide bonds. The van der Waals surface area contributed by atoms with Crippen LogP contribution >= 0.6 is 22.9 Å². The van der Waals surface area contributed by atoms with Crippen LogP contribution in [0.3, 0.4) is 0 Å². The van der Waals surface area contributed by atoms with E-state index in [0.29, 0.717) is 35.3 Å². The number of thiazole rings is 1. The van der Waals surface area contributed by atoms with Gasteiger partial charge in [0.2, 0.25) is 0 Å². The van der Waals surface area contributed by atoms with Gasteiger partial charge in [-0.1, -0.05) is 11.6 Å². The zero-order valence-electron chi connectivity index (χ0n) is 15.3. The summed E-state index contributed by atoms with van der Waals surface area (Å²) in [7, 11) is 0. The van der Waals surface area contributed by atoms with Crippen LogP contribution in [-0.2, 0) is 6.54 Å². The largest absolute Gasteiger partial charge is 0.327 e. The Kier molecular flexibility index (Phi) is 4.33. The van der Waals surface area contributed by atoms with Crippen molar-refractivity contribution in [3.63, 3.8) is 0 Å². The molecule has 0 unspecified atom stereocenters. The molecule has 3 heterocycles. The van der Waals surface area contributed by atoms with Crippen molar-refractivity contribution >= 4 is 39.1 Å². The second-order valence-corrected chi connectivity index (χ2v) is 8.31. The molecule has 4 aromatic rings. The van der Waals surface area contributed by atoms with Crippen LogP contribution in [0, 0.1) is 5.82 Å². The third-order valence-corrected chi connectivity index (χ3v) is 6.33. The third-order valence-electron chi connectivity index (χ3n) is 5.08. The van der Waals surface area contributed by atoms with Crippen molar-refractivity contribution in [1.82, 2.24) is 24.6 Å². The normalized spacial score (nSPS) is 16.2. The van der Waals surface area contributed by atoms with Crippen LogP contribution < -0.4 is 0 Å². The van der Waals surface area contributed by atoms with Crippen LogP contribution in [0.2, 0.25) is 5.02 Å². The highest BCUT2D eigenvalue weighted by Gasteiger charge is 2.32. The molecule has 0 aliphatic carbocycles. The van der Waals surface area contributed by atoms with Gasteiger partial charge < -0.3 is 9.47 Å². The topological polar surface area (TPSA) is 63.9 Å². The summed E-state index contributed by atoms with van der Waals surface area (Å²) >= 11 is 7.59. The fourth-order valence-corrected chi connectivity index (χ4v) is 4.81. The van der Waals surface area contributed by atoms with Gasteiger partial charge in [0.1, 0.15) is 5.82 Å². The smallest absolute Gasteiger partial charge is 0.254 e. The van der Waals surface area contributed by atoms with E-state index in [-0.39, 0.29) is 17.8 Å². The van der Waals surface area contributed by atoms with Crippen LogP contribution in [0.1, 0.15) is 29.1 Å². The van der Waals surface area contributed by atoms with Gasteiger partial charge in [0.25, 0.3) is 5.91 Å². The Bertz CT molecular complexity index is 1240. The van der Waals surface area contributed by atoms with E-state index in [1.165, 1.54) is 35.6 Å². The molecule has 0 N–H and O–H groups in total. The summed E-state index contributed by atoms with van der Waals surface area (Å²) in [6.45, 7) is 2.99. The standard InChI is InChI=1S/C20H15ClFN5OS/c1-11-17-24-25-18(19-23-15-7-4-13(21)10-16(15)29-19)27(17)9-8-26(11)20(28)12-2-5-14(22)6-3-12/h2-7,10-11H,8-9H2,1H3/t11-/m1/s1. The summed E-state index contributed by atoms with van der Waals surface area (Å²) in [5.74, 6) is 0.884. The molecule has 0 bridgehead atoms. The quantitative estimate of drug-likeness (QED) is 0.470. The van der Waals surface area contributed by atoms with Gasteiger partial charge in [-0.3, -0.25) is 4.79 Å². The van der Waals surface area contributed by atoms with Crippen molar-refractivity contribution in [1.29, 1.82) is 0 Å². The Morgan fingerprint density at radius 2 is 1.97 bits per heavy atom. The lowest BCUT2D eigenvalue weighted by Crippen LogP contribution is -2.41.